The molecule has 210 valence electrons. The molecule has 2 N–H and O–H groups in total. The molecule has 0 bridgehead atoms. The van der Waals surface area contributed by atoms with Gasteiger partial charge in [-0.2, -0.15) is 0 Å². The number of halogens is 2. The molecule has 41 heavy (non-hydrogen) atoms. The van der Waals surface area contributed by atoms with Gasteiger partial charge >= 0.3 is 0 Å². The molecule has 0 spiro atoms. The Labute approximate surface area is 238 Å². The third-order valence-electron chi connectivity index (χ3n) is 6.13. The third kappa shape index (κ3) is 6.23. The van der Waals surface area contributed by atoms with E-state index in [0.717, 1.165) is 40.7 Å². The molecule has 5 aromatic rings. The molecule has 0 atom stereocenters. The number of para-hydroxylation sites is 1. The number of carbonyl (C=O) groups excluding carboxylic acids is 2. The van der Waals surface area contributed by atoms with Gasteiger partial charge in [-0.25, -0.2) is 13.8 Å². The number of aromatic nitrogens is 3. The molecule has 2 aromatic carbocycles. The zero-order chi connectivity index (χ0) is 29.1. The minimum absolute atomic E-state index is 0.00865. The summed E-state index contributed by atoms with van der Waals surface area (Å²) in [6, 6.07) is 12.8. The maximum absolute atomic E-state index is 15.4. The Bertz CT molecular complexity index is 1730. The fraction of sp³-hybridized carbons (Fsp3) is 0.172. The summed E-state index contributed by atoms with van der Waals surface area (Å²) in [6.07, 6.45) is 4.63. The Morgan fingerprint density at radius 1 is 1.02 bits per heavy atom. The van der Waals surface area contributed by atoms with Crippen LogP contribution in [0.5, 0.6) is 11.5 Å². The van der Waals surface area contributed by atoms with Crippen molar-refractivity contribution in [1.29, 1.82) is 0 Å². The number of fused-ring (bicyclic) bond motifs is 1. The van der Waals surface area contributed by atoms with Crippen molar-refractivity contribution in [3.05, 3.63) is 85.0 Å². The first-order chi connectivity index (χ1) is 19.7. The van der Waals surface area contributed by atoms with E-state index in [1.165, 1.54) is 41.7 Å². The van der Waals surface area contributed by atoms with Crippen molar-refractivity contribution in [1.82, 2.24) is 19.4 Å². The summed E-state index contributed by atoms with van der Waals surface area (Å²) in [5.74, 6) is -2.94. The van der Waals surface area contributed by atoms with E-state index in [2.05, 4.69) is 14.9 Å². The topological polar surface area (TPSA) is 107 Å². The summed E-state index contributed by atoms with van der Waals surface area (Å²) in [4.78, 5) is 37.1. The van der Waals surface area contributed by atoms with Gasteiger partial charge in [0.15, 0.2) is 11.6 Å². The van der Waals surface area contributed by atoms with E-state index < -0.39 is 29.9 Å². The Morgan fingerprint density at radius 2 is 1.83 bits per heavy atom. The first kappa shape index (κ1) is 27.9. The number of anilines is 2. The van der Waals surface area contributed by atoms with Crippen molar-refractivity contribution < 1.29 is 23.1 Å². The van der Waals surface area contributed by atoms with Crippen molar-refractivity contribution in [2.24, 2.45) is 5.73 Å². The monoisotopic (exact) mass is 576 g/mol. The first-order valence-corrected chi connectivity index (χ1v) is 13.4. The maximum atomic E-state index is 15.4. The fourth-order valence-electron chi connectivity index (χ4n) is 4.16. The van der Waals surface area contributed by atoms with E-state index in [1.807, 2.05) is 30.9 Å². The van der Waals surface area contributed by atoms with E-state index in [9.17, 15) is 14.0 Å². The van der Waals surface area contributed by atoms with Crippen LogP contribution in [-0.2, 0) is 16.1 Å². The summed E-state index contributed by atoms with van der Waals surface area (Å²) >= 11 is 1.42. The number of rotatable bonds is 10. The smallest absolute Gasteiger partial charge is 0.241 e. The number of hydrogen-bond donors (Lipinski definition) is 1. The van der Waals surface area contributed by atoms with E-state index >= 15 is 4.39 Å². The molecule has 12 heteroatoms. The van der Waals surface area contributed by atoms with Crippen LogP contribution >= 0.6 is 11.3 Å². The lowest BCUT2D eigenvalue weighted by Crippen LogP contribution is -2.31. The molecule has 0 saturated carbocycles. The van der Waals surface area contributed by atoms with E-state index in [0.29, 0.717) is 16.0 Å². The Balaban J connectivity index is 1.43. The summed E-state index contributed by atoms with van der Waals surface area (Å²) < 4.78 is 38.6. The lowest BCUT2D eigenvalue weighted by atomic mass is 10.2. The van der Waals surface area contributed by atoms with Crippen molar-refractivity contribution in [3.63, 3.8) is 0 Å². The SMILES string of the molecule is CN(C)CCn1cnc(-c2cc3nccc(Oc4ccc(N(C(=O)CC(N)=O)c5ccccc5F)cc4F)c3s2)c1. The summed E-state index contributed by atoms with van der Waals surface area (Å²) in [6.45, 7) is 1.68. The van der Waals surface area contributed by atoms with Crippen LogP contribution in [0, 0.1) is 11.6 Å². The van der Waals surface area contributed by atoms with E-state index in [4.69, 9.17) is 10.5 Å². The van der Waals surface area contributed by atoms with Crippen LogP contribution < -0.4 is 15.4 Å². The highest BCUT2D eigenvalue weighted by Gasteiger charge is 2.24. The van der Waals surface area contributed by atoms with Crippen LogP contribution in [0.25, 0.3) is 20.8 Å². The van der Waals surface area contributed by atoms with Crippen LogP contribution in [0.1, 0.15) is 6.42 Å². The molecule has 0 saturated heterocycles. The summed E-state index contributed by atoms with van der Waals surface area (Å²) in [5, 5.41) is 0. The normalized spacial score (nSPS) is 11.2. The highest BCUT2D eigenvalue weighted by Crippen LogP contribution is 2.40. The predicted molar refractivity (Wildman–Crippen MR) is 153 cm³/mol. The second-order valence-corrected chi connectivity index (χ2v) is 10.5. The summed E-state index contributed by atoms with van der Waals surface area (Å²) in [5.41, 5.74) is 6.52. The second-order valence-electron chi connectivity index (χ2n) is 9.47. The average Bonchev–Trinajstić information content (AvgIpc) is 3.57. The molecule has 0 radical (unpaired) electrons. The second kappa shape index (κ2) is 11.8. The molecule has 0 aliphatic heterocycles. The van der Waals surface area contributed by atoms with Crippen molar-refractivity contribution >= 4 is 44.7 Å². The van der Waals surface area contributed by atoms with Gasteiger partial charge in [0.1, 0.15) is 18.0 Å². The van der Waals surface area contributed by atoms with Crippen LogP contribution in [0.4, 0.5) is 20.2 Å². The van der Waals surface area contributed by atoms with Gasteiger partial charge in [-0.05, 0) is 44.4 Å². The zero-order valence-corrected chi connectivity index (χ0v) is 23.1. The molecule has 9 nitrogen and oxygen atoms in total. The molecule has 0 aliphatic rings. The number of amides is 2. The summed E-state index contributed by atoms with van der Waals surface area (Å²) in [7, 11) is 4.02. The number of hydrogen-bond acceptors (Lipinski definition) is 7. The molecule has 0 fully saturated rings. The van der Waals surface area contributed by atoms with Crippen molar-refractivity contribution in [2.45, 2.75) is 13.0 Å². The number of nitrogens with two attached hydrogens (primary N) is 1. The van der Waals surface area contributed by atoms with Gasteiger partial charge in [0.05, 0.1) is 38.5 Å². The largest absolute Gasteiger partial charge is 0.453 e. The fourth-order valence-corrected chi connectivity index (χ4v) is 5.18. The molecule has 2 amide bonds. The predicted octanol–water partition coefficient (Wildman–Crippen LogP) is 5.33. The van der Waals surface area contributed by atoms with Crippen LogP contribution in [0.3, 0.4) is 0 Å². The molecular formula is C29H26F2N6O3S. The van der Waals surface area contributed by atoms with E-state index in [1.54, 1.807) is 18.6 Å². The van der Waals surface area contributed by atoms with E-state index in [-0.39, 0.29) is 17.1 Å². The first-order valence-electron chi connectivity index (χ1n) is 12.6. The number of carbonyl (C=O) groups is 2. The van der Waals surface area contributed by atoms with Gasteiger partial charge in [0.25, 0.3) is 0 Å². The minimum Gasteiger partial charge on any atom is -0.453 e. The van der Waals surface area contributed by atoms with Gasteiger partial charge in [-0.1, -0.05) is 12.1 Å². The third-order valence-corrected chi connectivity index (χ3v) is 7.29. The van der Waals surface area contributed by atoms with Crippen molar-refractivity contribution in [3.8, 4) is 22.1 Å². The number of likely N-dealkylation sites (N-methyl/N-ethyl adjacent to an activating group) is 1. The van der Waals surface area contributed by atoms with Crippen molar-refractivity contribution in [2.75, 3.05) is 25.5 Å². The van der Waals surface area contributed by atoms with Gasteiger partial charge in [0, 0.05) is 37.6 Å². The van der Waals surface area contributed by atoms with Gasteiger partial charge in [0.2, 0.25) is 11.8 Å². The molecular weight excluding hydrogens is 550 g/mol. The lowest BCUT2D eigenvalue weighted by molar-refractivity contribution is -0.125. The van der Waals surface area contributed by atoms with Gasteiger partial charge in [-0.15, -0.1) is 11.3 Å². The minimum atomic E-state index is -0.894. The van der Waals surface area contributed by atoms with Gasteiger partial charge in [-0.3, -0.25) is 19.5 Å². The Kier molecular flexibility index (Phi) is 8.04. The maximum Gasteiger partial charge on any atom is 0.241 e. The van der Waals surface area contributed by atoms with Crippen LogP contribution in [0.2, 0.25) is 0 Å². The quantitative estimate of drug-likeness (QED) is 0.225. The lowest BCUT2D eigenvalue weighted by Gasteiger charge is -2.23. The Morgan fingerprint density at radius 3 is 2.56 bits per heavy atom. The number of nitrogens with zero attached hydrogens (tertiary/aromatic N) is 5. The Hall–Kier alpha value is -4.68. The number of pyridine rings is 1. The van der Waals surface area contributed by atoms with Crippen LogP contribution in [-0.4, -0.2) is 51.9 Å². The zero-order valence-electron chi connectivity index (χ0n) is 22.3. The average molecular weight is 577 g/mol. The number of primary amides is 1. The standard InChI is InChI=1S/C29H26F2N6O3S/c1-35(2)11-12-36-16-22(34-17-36)26-14-21-29(41-26)25(9-10-33-21)40-24-8-7-18(13-20(24)31)37(28(39)15-27(32)38)23-6-4-3-5-19(23)30/h3-10,13-14,16-17H,11-12,15H2,1-2H3,(H2,32,38). The van der Waals surface area contributed by atoms with Crippen LogP contribution in [0.15, 0.2) is 73.3 Å². The number of benzene rings is 2. The number of thiophene rings is 1. The molecule has 0 aliphatic carbocycles. The molecule has 3 heterocycles. The molecule has 3 aromatic heterocycles. The highest BCUT2D eigenvalue weighted by molar-refractivity contribution is 7.22. The molecule has 0 unspecified atom stereocenters. The molecule has 5 rings (SSSR count). The highest BCUT2D eigenvalue weighted by atomic mass is 32.1. The number of imidazole rings is 1. The number of ether oxygens (including phenoxy) is 1. The van der Waals surface area contributed by atoms with Gasteiger partial charge < -0.3 is 19.9 Å².